The van der Waals surface area contributed by atoms with Gasteiger partial charge in [-0.1, -0.05) is 80.0 Å². The second-order valence-electron chi connectivity index (χ2n) is 22.3. The molecular formula is C72H88BBrF12N2O16. The van der Waals surface area contributed by atoms with Crippen LogP contribution in [0, 0.1) is 39.5 Å². The van der Waals surface area contributed by atoms with E-state index in [2.05, 4.69) is 32.9 Å². The van der Waals surface area contributed by atoms with Crippen molar-refractivity contribution in [1.29, 1.82) is 0 Å². The predicted octanol–water partition coefficient (Wildman–Crippen LogP) is 11.9. The number of carboxylic acids is 1. The zero-order chi connectivity index (χ0) is 74.4. The monoisotopic (exact) mass is 1550 g/mol. The molecule has 576 valence electrons. The number of carbonyl (C=O) groups excluding carboxylic acids is 5. The van der Waals surface area contributed by atoms with E-state index in [-0.39, 0.29) is 53.1 Å². The molecule has 0 saturated carbocycles. The molecule has 104 heavy (non-hydrogen) atoms. The second-order valence-corrected chi connectivity index (χ2v) is 22.3. The van der Waals surface area contributed by atoms with Crippen molar-refractivity contribution in [2.45, 2.75) is 140 Å². The number of rotatable bonds is 31. The molecular weight excluding hydrogens is 1470 g/mol. The number of carboxylic acid groups (broad SMARTS) is 1. The minimum atomic E-state index is -7.71. The number of esters is 5. The first-order valence-electron chi connectivity index (χ1n) is 30.0. The van der Waals surface area contributed by atoms with Gasteiger partial charge >= 0.3 is 79.0 Å². The number of alkyl halides is 12. The molecule has 3 N–H and O–H groups in total. The van der Waals surface area contributed by atoms with Gasteiger partial charge in [-0.2, -0.15) is 43.9 Å². The normalized spacial score (nSPS) is 11.6. The largest absolute Gasteiger partial charge is 1.00 e. The van der Waals surface area contributed by atoms with Crippen molar-refractivity contribution in [3.8, 4) is 28.7 Å². The lowest BCUT2D eigenvalue weighted by molar-refractivity contribution is -0.697. The zero-order valence-electron chi connectivity index (χ0n) is 55.0. The molecule has 6 aromatic rings. The predicted molar refractivity (Wildman–Crippen MR) is 362 cm³/mol. The molecule has 6 rings (SSSR count). The fourth-order valence-corrected chi connectivity index (χ4v) is 8.42. The van der Waals surface area contributed by atoms with Crippen LogP contribution in [0.25, 0.3) is 0 Å². The number of hydrogen-bond donors (Lipinski definition) is 3. The molecule has 0 aliphatic carbocycles. The van der Waals surface area contributed by atoms with Gasteiger partial charge in [-0.3, -0.25) is 9.59 Å². The van der Waals surface area contributed by atoms with Gasteiger partial charge in [0, 0.05) is 38.0 Å². The van der Waals surface area contributed by atoms with Gasteiger partial charge in [0.15, 0.2) is 25.5 Å². The van der Waals surface area contributed by atoms with Crippen molar-refractivity contribution >= 4 is 54.1 Å². The molecule has 0 saturated heterocycles. The van der Waals surface area contributed by atoms with Crippen LogP contribution in [-0.2, 0) is 30.4 Å². The fraction of sp³-hybridized carbons (Fsp3) is 0.403. The highest BCUT2D eigenvalue weighted by molar-refractivity contribution is 6.58. The van der Waals surface area contributed by atoms with Crippen molar-refractivity contribution in [2.24, 2.45) is 11.8 Å². The van der Waals surface area contributed by atoms with Gasteiger partial charge in [0.2, 0.25) is 0 Å². The maximum absolute atomic E-state index is 13.6. The molecule has 0 bridgehead atoms. The Morgan fingerprint density at radius 2 is 1.07 bits per heavy atom. The van der Waals surface area contributed by atoms with Crippen LogP contribution in [0.1, 0.15) is 123 Å². The quantitative estimate of drug-likeness (QED) is 0.00698. The maximum Gasteiger partial charge on any atom is 0.488 e. The summed E-state index contributed by atoms with van der Waals surface area (Å²) in [6.07, 6.45) is 0.0701. The van der Waals surface area contributed by atoms with E-state index in [1.165, 1.54) is 31.2 Å². The van der Waals surface area contributed by atoms with Gasteiger partial charge in [0.05, 0.1) is 41.7 Å². The Hall–Kier alpha value is -9.17. The number of carbonyl (C=O) groups is 6. The third-order valence-corrected chi connectivity index (χ3v) is 14.7. The van der Waals surface area contributed by atoms with Crippen LogP contribution in [0.3, 0.4) is 0 Å². The third kappa shape index (κ3) is 26.5. The molecule has 18 nitrogen and oxygen atoms in total. The van der Waals surface area contributed by atoms with Gasteiger partial charge in [0.25, 0.3) is 0 Å². The molecule has 1 aromatic heterocycles. The highest BCUT2D eigenvalue weighted by atomic mass is 79.9. The third-order valence-electron chi connectivity index (χ3n) is 14.7. The van der Waals surface area contributed by atoms with E-state index in [1.807, 2.05) is 66.3 Å². The summed E-state index contributed by atoms with van der Waals surface area (Å²) in [6.45, 7) is 12.0. The number of halogens is 13. The van der Waals surface area contributed by atoms with Gasteiger partial charge in [-0.05, 0) is 154 Å². The molecule has 0 aliphatic heterocycles. The number of nitrogens with zero attached hydrogens (tertiary/aromatic N) is 2. The smallest absolute Gasteiger partial charge is 0.488 e. The summed E-state index contributed by atoms with van der Waals surface area (Å²) in [6, 6.07) is 32.3. The second kappa shape index (κ2) is 43.2. The van der Waals surface area contributed by atoms with Crippen molar-refractivity contribution in [1.82, 2.24) is 0 Å². The van der Waals surface area contributed by atoms with Gasteiger partial charge < -0.3 is 70.2 Å². The van der Waals surface area contributed by atoms with Gasteiger partial charge in [-0.25, -0.2) is 32.5 Å². The topological polar surface area (TPSA) is 235 Å². The van der Waals surface area contributed by atoms with Crippen LogP contribution < -0.4 is 55.6 Å². The SMILES string of the molecule is C.C.C.C.C=CC(=O)OCCCCOc1ccc(C(=O)Oc2ccc(B(O)O)cc2)cc1.CCC(CC(C)C(=O)O)C(=O)OCC(F)(F)C(F)(F)C(F)(F)C(F)(F)C(F)(F)C(F)F.Cc1ccc(C(=O)Oc2cc(C)c(OC(=O)c3ccc(OCC[n+]4ccc(N(C)C)cc4)cc3)c(C)c2C)cc1.[Br-]. The molecule has 0 spiro atoms. The maximum atomic E-state index is 13.6. The Bertz CT molecular complexity index is 3690. The first-order chi connectivity index (χ1) is 46.2. The minimum Gasteiger partial charge on any atom is -1.00 e. The lowest BCUT2D eigenvalue weighted by Gasteiger charge is -2.39. The summed E-state index contributed by atoms with van der Waals surface area (Å²) in [5.41, 5.74) is 5.90. The number of aliphatic carboxylic acids is 1. The van der Waals surface area contributed by atoms with E-state index < -0.39 is 104 Å². The summed E-state index contributed by atoms with van der Waals surface area (Å²) in [5.74, 6) is -41.7. The first-order valence-corrected chi connectivity index (χ1v) is 30.0. The van der Waals surface area contributed by atoms with Crippen molar-refractivity contribution < 1.29 is 151 Å². The molecule has 0 radical (unpaired) electrons. The minimum absolute atomic E-state index is 0. The van der Waals surface area contributed by atoms with Crippen molar-refractivity contribution in [2.75, 3.05) is 45.4 Å². The Kier molecular flexibility index (Phi) is 40.2. The van der Waals surface area contributed by atoms with E-state index in [4.69, 9.17) is 43.6 Å². The molecule has 0 amide bonds. The molecule has 0 aliphatic rings. The highest BCUT2D eigenvalue weighted by Crippen LogP contribution is 2.58. The number of aryl methyl sites for hydroxylation is 2. The lowest BCUT2D eigenvalue weighted by Crippen LogP contribution is -3.00. The standard InChI is InChI=1S/C33H35N2O5.C20H21BO7.C15H16F12O4.4CH4.BrH/c1-22-7-9-26(10-8-22)32(36)39-30-21-23(2)31(25(4)24(30)3)40-33(37)27-11-13-29(14-12-27)38-20-19-35-17-15-28(16-18-35)34(5)6;1-2-19(22)27-14-4-3-13-26-17-9-5-15(6-10-17)20(23)28-18-11-7-16(8-12-18)21(24)25;1-3-7(4-6(2)8(28)29)9(30)31-5-11(18,19)13(22,23)15(26,27)14(24,25)12(20,21)10(16)17;;;;;/h7-18,21H,19-20H2,1-6H3;2,5-12,24-25H,1,3-4,13-14H2;6-7,10H,3-5H2,1-2H3,(H,28,29);4*1H4;1H/q+1;;;;;;;/p-1. The number of aromatic nitrogens is 1. The number of hydrogen-bond acceptors (Lipinski definition) is 16. The number of benzene rings is 5. The Labute approximate surface area is 607 Å². The Balaban J connectivity index is 0. The van der Waals surface area contributed by atoms with Crippen LogP contribution in [0.2, 0.25) is 0 Å². The van der Waals surface area contributed by atoms with E-state index in [0.29, 0.717) is 95.7 Å². The molecule has 1 heterocycles. The van der Waals surface area contributed by atoms with Crippen LogP contribution in [0.5, 0.6) is 28.7 Å². The molecule has 32 heteroatoms. The molecule has 2 unspecified atom stereocenters. The van der Waals surface area contributed by atoms with Crippen LogP contribution >= 0.6 is 0 Å². The van der Waals surface area contributed by atoms with Crippen LogP contribution in [-0.4, -0.2) is 135 Å². The summed E-state index contributed by atoms with van der Waals surface area (Å²) in [7, 11) is 2.45. The lowest BCUT2D eigenvalue weighted by atomic mass is 9.80. The zero-order valence-corrected chi connectivity index (χ0v) is 56.6. The van der Waals surface area contributed by atoms with E-state index in [9.17, 15) is 81.5 Å². The molecule has 0 fully saturated rings. The van der Waals surface area contributed by atoms with Crippen LogP contribution in [0.4, 0.5) is 58.4 Å². The first kappa shape index (κ1) is 96.9. The average Bonchev–Trinajstić information content (AvgIpc) is 0.720. The summed E-state index contributed by atoms with van der Waals surface area (Å²) < 4.78 is 195. The highest BCUT2D eigenvalue weighted by Gasteiger charge is 2.88. The summed E-state index contributed by atoms with van der Waals surface area (Å²) in [5, 5.41) is 26.8. The van der Waals surface area contributed by atoms with Gasteiger partial charge in [-0.15, -0.1) is 0 Å². The summed E-state index contributed by atoms with van der Waals surface area (Å²) in [4.78, 5) is 73.0. The van der Waals surface area contributed by atoms with Crippen molar-refractivity contribution in [3.63, 3.8) is 0 Å². The Morgan fingerprint density at radius 3 is 1.53 bits per heavy atom. The van der Waals surface area contributed by atoms with Crippen LogP contribution in [0.15, 0.2) is 140 Å². The van der Waals surface area contributed by atoms with E-state index in [1.54, 1.807) is 66.7 Å². The number of anilines is 1. The number of ether oxygens (including phenoxy) is 7. The average molecular weight is 1560 g/mol. The van der Waals surface area contributed by atoms with E-state index in [0.717, 1.165) is 35.4 Å². The molecule has 2 atom stereocenters. The number of unbranched alkanes of at least 4 members (excludes halogenated alkanes) is 1. The summed E-state index contributed by atoms with van der Waals surface area (Å²) >= 11 is 0. The van der Waals surface area contributed by atoms with E-state index >= 15 is 0 Å². The fourth-order valence-electron chi connectivity index (χ4n) is 8.42. The van der Waals surface area contributed by atoms with Crippen molar-refractivity contribution in [3.05, 3.63) is 179 Å². The number of pyridine rings is 1. The van der Waals surface area contributed by atoms with Gasteiger partial charge in [0.1, 0.15) is 35.4 Å². The Morgan fingerprint density at radius 1 is 0.606 bits per heavy atom. The molecule has 5 aromatic carbocycles.